The number of nitrogens with one attached hydrogen (secondary N) is 1. The largest absolute Gasteiger partial charge is 0.401 e. The van der Waals surface area contributed by atoms with Crippen LogP contribution in [0.4, 0.5) is 13.2 Å². The Balaban J connectivity index is 2.09. The second kappa shape index (κ2) is 5.48. The van der Waals surface area contributed by atoms with E-state index in [1.54, 1.807) is 11.4 Å². The summed E-state index contributed by atoms with van der Waals surface area (Å²) in [5, 5.41) is 1.68. The van der Waals surface area contributed by atoms with Gasteiger partial charge >= 0.3 is 6.18 Å². The molecule has 1 saturated carbocycles. The molecule has 0 spiro atoms. The van der Waals surface area contributed by atoms with Crippen LogP contribution in [0.2, 0.25) is 0 Å². The van der Waals surface area contributed by atoms with E-state index in [0.29, 0.717) is 10.4 Å². The Bertz CT molecular complexity index is 456. The molecule has 0 saturated heterocycles. The van der Waals surface area contributed by atoms with Crippen molar-refractivity contribution < 1.29 is 18.0 Å². The molecule has 1 aliphatic carbocycles. The van der Waals surface area contributed by atoms with E-state index in [0.717, 1.165) is 12.8 Å². The van der Waals surface area contributed by atoms with Gasteiger partial charge in [-0.05, 0) is 29.9 Å². The van der Waals surface area contributed by atoms with Gasteiger partial charge in [0.1, 0.15) is 0 Å². The minimum Gasteiger partial charge on any atom is -0.289 e. The van der Waals surface area contributed by atoms with Gasteiger partial charge in [0.2, 0.25) is 0 Å². The molecule has 0 atom stereocenters. The predicted octanol–water partition coefficient (Wildman–Crippen LogP) is 1.88. The molecule has 0 bridgehead atoms. The monoisotopic (exact) mass is 293 g/mol. The molecule has 1 heterocycles. The molecule has 8 heteroatoms. The first-order valence-electron chi connectivity index (χ1n) is 5.79. The van der Waals surface area contributed by atoms with E-state index in [4.69, 9.17) is 5.84 Å². The lowest BCUT2D eigenvalue weighted by Crippen LogP contribution is -2.36. The van der Waals surface area contributed by atoms with Gasteiger partial charge in [0, 0.05) is 12.6 Å². The summed E-state index contributed by atoms with van der Waals surface area (Å²) in [6.07, 6.45) is -2.67. The SMILES string of the molecule is NNC(=O)c1sccc1CN(CC(F)(F)F)C1CC1. The van der Waals surface area contributed by atoms with Gasteiger partial charge in [-0.1, -0.05) is 0 Å². The number of nitrogens with zero attached hydrogens (tertiary/aromatic N) is 1. The van der Waals surface area contributed by atoms with E-state index in [1.165, 1.54) is 16.2 Å². The maximum atomic E-state index is 12.5. The number of amides is 1. The van der Waals surface area contributed by atoms with Gasteiger partial charge in [-0.25, -0.2) is 5.84 Å². The first-order chi connectivity index (χ1) is 8.90. The van der Waals surface area contributed by atoms with Crippen molar-refractivity contribution in [3.63, 3.8) is 0 Å². The highest BCUT2D eigenvalue weighted by Crippen LogP contribution is 2.32. The molecule has 0 aromatic carbocycles. The number of hydrazine groups is 1. The molecule has 1 aromatic rings. The second-order valence-corrected chi connectivity index (χ2v) is 5.42. The number of nitrogens with two attached hydrogens (primary N) is 1. The summed E-state index contributed by atoms with van der Waals surface area (Å²) in [4.78, 5) is 13.2. The molecule has 3 N–H and O–H groups in total. The van der Waals surface area contributed by atoms with Crippen LogP contribution in [-0.2, 0) is 6.54 Å². The highest BCUT2D eigenvalue weighted by molar-refractivity contribution is 7.12. The van der Waals surface area contributed by atoms with Crippen molar-refractivity contribution in [3.05, 3.63) is 21.9 Å². The van der Waals surface area contributed by atoms with Crippen LogP contribution in [0.1, 0.15) is 28.1 Å². The third kappa shape index (κ3) is 3.92. The predicted molar refractivity (Wildman–Crippen MR) is 65.5 cm³/mol. The van der Waals surface area contributed by atoms with Crippen molar-refractivity contribution in [3.8, 4) is 0 Å². The van der Waals surface area contributed by atoms with Gasteiger partial charge in [-0.15, -0.1) is 11.3 Å². The van der Waals surface area contributed by atoms with E-state index < -0.39 is 18.6 Å². The van der Waals surface area contributed by atoms with Gasteiger partial charge in [-0.2, -0.15) is 13.2 Å². The molecule has 1 amide bonds. The maximum Gasteiger partial charge on any atom is 0.401 e. The lowest BCUT2D eigenvalue weighted by atomic mass is 10.2. The fourth-order valence-electron chi connectivity index (χ4n) is 1.93. The Morgan fingerprint density at radius 1 is 1.53 bits per heavy atom. The number of hydrogen-bond acceptors (Lipinski definition) is 4. The van der Waals surface area contributed by atoms with Crippen molar-refractivity contribution in [2.24, 2.45) is 5.84 Å². The number of thiophene rings is 1. The van der Waals surface area contributed by atoms with Crippen LogP contribution in [-0.4, -0.2) is 29.6 Å². The molecule has 0 radical (unpaired) electrons. The number of hydrogen-bond donors (Lipinski definition) is 2. The van der Waals surface area contributed by atoms with Crippen LogP contribution in [0.3, 0.4) is 0 Å². The summed E-state index contributed by atoms with van der Waals surface area (Å²) in [6, 6.07) is 1.64. The zero-order valence-electron chi connectivity index (χ0n) is 10.0. The van der Waals surface area contributed by atoms with Gasteiger partial charge in [0.05, 0.1) is 11.4 Å². The molecule has 19 heavy (non-hydrogen) atoms. The number of carbonyl (C=O) groups is 1. The Labute approximate surface area is 112 Å². The molecule has 0 unspecified atom stereocenters. The lowest BCUT2D eigenvalue weighted by molar-refractivity contribution is -0.148. The van der Waals surface area contributed by atoms with Crippen molar-refractivity contribution in [2.45, 2.75) is 31.6 Å². The summed E-state index contributed by atoms with van der Waals surface area (Å²) in [6.45, 7) is -0.826. The summed E-state index contributed by atoms with van der Waals surface area (Å²) >= 11 is 1.17. The quantitative estimate of drug-likeness (QED) is 0.495. The summed E-state index contributed by atoms with van der Waals surface area (Å²) in [7, 11) is 0. The Hall–Kier alpha value is -1.12. The van der Waals surface area contributed by atoms with Gasteiger partial charge in [0.15, 0.2) is 0 Å². The fraction of sp³-hybridized carbons (Fsp3) is 0.545. The zero-order valence-corrected chi connectivity index (χ0v) is 10.9. The number of nitrogen functional groups attached to an aromatic ring is 1. The van der Waals surface area contributed by atoms with Crippen LogP contribution in [0.15, 0.2) is 11.4 Å². The van der Waals surface area contributed by atoms with Crippen LogP contribution in [0.25, 0.3) is 0 Å². The Morgan fingerprint density at radius 2 is 2.21 bits per heavy atom. The molecule has 106 valence electrons. The lowest BCUT2D eigenvalue weighted by Gasteiger charge is -2.23. The van der Waals surface area contributed by atoms with Crippen molar-refractivity contribution >= 4 is 17.2 Å². The van der Waals surface area contributed by atoms with E-state index in [1.807, 2.05) is 5.43 Å². The molecule has 1 aromatic heterocycles. The summed E-state index contributed by atoms with van der Waals surface area (Å²) < 4.78 is 37.5. The summed E-state index contributed by atoms with van der Waals surface area (Å²) in [5.74, 6) is 4.59. The minimum absolute atomic E-state index is 0.0321. The highest BCUT2D eigenvalue weighted by Gasteiger charge is 2.38. The first kappa shape index (κ1) is 14.3. The zero-order chi connectivity index (χ0) is 14.0. The Kier molecular flexibility index (Phi) is 4.12. The number of halogens is 3. The van der Waals surface area contributed by atoms with Crippen LogP contribution in [0.5, 0.6) is 0 Å². The third-order valence-electron chi connectivity index (χ3n) is 2.90. The maximum absolute atomic E-state index is 12.5. The van der Waals surface area contributed by atoms with E-state index in [2.05, 4.69) is 0 Å². The number of alkyl halides is 3. The average Bonchev–Trinajstić information content (AvgIpc) is 3.07. The molecule has 2 rings (SSSR count). The fourth-order valence-corrected chi connectivity index (χ4v) is 2.75. The smallest absolute Gasteiger partial charge is 0.289 e. The molecule has 1 aliphatic rings. The molecule has 0 aliphatic heterocycles. The van der Waals surface area contributed by atoms with Gasteiger partial charge in [-0.3, -0.25) is 15.1 Å². The van der Waals surface area contributed by atoms with Crippen molar-refractivity contribution in [1.29, 1.82) is 0 Å². The normalized spacial score (nSPS) is 15.8. The van der Waals surface area contributed by atoms with E-state index in [9.17, 15) is 18.0 Å². The molecular formula is C11H14F3N3OS. The highest BCUT2D eigenvalue weighted by atomic mass is 32.1. The van der Waals surface area contributed by atoms with Gasteiger partial charge < -0.3 is 0 Å². The van der Waals surface area contributed by atoms with Crippen LogP contribution >= 0.6 is 11.3 Å². The van der Waals surface area contributed by atoms with Crippen LogP contribution in [0, 0.1) is 0 Å². The molecular weight excluding hydrogens is 279 g/mol. The van der Waals surface area contributed by atoms with Crippen molar-refractivity contribution in [2.75, 3.05) is 6.54 Å². The second-order valence-electron chi connectivity index (χ2n) is 4.50. The van der Waals surface area contributed by atoms with E-state index in [-0.39, 0.29) is 12.6 Å². The summed E-state index contributed by atoms with van der Waals surface area (Å²) in [5.41, 5.74) is 2.59. The Morgan fingerprint density at radius 3 is 2.74 bits per heavy atom. The topological polar surface area (TPSA) is 58.4 Å². The average molecular weight is 293 g/mol. The van der Waals surface area contributed by atoms with Crippen LogP contribution < -0.4 is 11.3 Å². The molecule has 1 fully saturated rings. The number of rotatable bonds is 5. The van der Waals surface area contributed by atoms with Gasteiger partial charge in [0.25, 0.3) is 5.91 Å². The minimum atomic E-state index is -4.23. The number of carbonyl (C=O) groups excluding carboxylic acids is 1. The molecule has 4 nitrogen and oxygen atoms in total. The third-order valence-corrected chi connectivity index (χ3v) is 3.86. The first-order valence-corrected chi connectivity index (χ1v) is 6.67. The standard InChI is InChI=1S/C11H14F3N3OS/c12-11(13,14)6-17(8-1-2-8)5-7-3-4-19-9(7)10(18)16-15/h3-4,8H,1-2,5-6,15H2,(H,16,18). The van der Waals surface area contributed by atoms with Crippen molar-refractivity contribution in [1.82, 2.24) is 10.3 Å². The van der Waals surface area contributed by atoms with E-state index >= 15 is 0 Å².